The Morgan fingerprint density at radius 2 is 2.22 bits per heavy atom. The van der Waals surface area contributed by atoms with E-state index in [0.29, 0.717) is 30.7 Å². The third-order valence-corrected chi connectivity index (χ3v) is 5.97. The second-order valence-electron chi connectivity index (χ2n) is 7.24. The fraction of sp³-hybridized carbons (Fsp3) is 0.611. The molecule has 0 bridgehead atoms. The second kappa shape index (κ2) is 5.32. The first-order chi connectivity index (χ1) is 11.1. The third kappa shape index (κ3) is 2.25. The zero-order valence-electron chi connectivity index (χ0n) is 14.0. The minimum atomic E-state index is -0.331. The van der Waals surface area contributed by atoms with Crippen LogP contribution in [0.25, 0.3) is 0 Å². The van der Waals surface area contributed by atoms with Crippen molar-refractivity contribution in [3.63, 3.8) is 0 Å². The quantitative estimate of drug-likeness (QED) is 0.871. The molecule has 5 atom stereocenters. The van der Waals surface area contributed by atoms with Gasteiger partial charge in [0.25, 0.3) is 5.91 Å². The number of hydrogen-bond acceptors (Lipinski definition) is 3. The van der Waals surface area contributed by atoms with Crippen LogP contribution in [-0.2, 0) is 11.2 Å². The van der Waals surface area contributed by atoms with Crippen molar-refractivity contribution in [3.8, 4) is 0 Å². The van der Waals surface area contributed by atoms with Crippen molar-refractivity contribution >= 4 is 17.5 Å². The topological polar surface area (TPSA) is 59.8 Å². The van der Waals surface area contributed by atoms with Gasteiger partial charge in [0.1, 0.15) is 17.8 Å². The molecule has 1 fully saturated rings. The van der Waals surface area contributed by atoms with Crippen LogP contribution >= 0.6 is 0 Å². The Labute approximate surface area is 136 Å². The van der Waals surface area contributed by atoms with E-state index in [2.05, 4.69) is 30.8 Å². The molecule has 1 aromatic rings. The average Bonchev–Trinajstić information content (AvgIpc) is 3.14. The predicted molar refractivity (Wildman–Crippen MR) is 87.2 cm³/mol. The van der Waals surface area contributed by atoms with Crippen LogP contribution in [0.4, 0.5) is 0 Å². The summed E-state index contributed by atoms with van der Waals surface area (Å²) in [5, 5.41) is 0. The maximum atomic E-state index is 12.9. The number of nitrogens with zero attached hydrogens (tertiary/aromatic N) is 2. The molecular formula is C18H24N3O2+. The molecule has 0 aromatic carbocycles. The van der Waals surface area contributed by atoms with Crippen LogP contribution in [0, 0.1) is 17.8 Å². The highest BCUT2D eigenvalue weighted by molar-refractivity contribution is 6.11. The lowest BCUT2D eigenvalue weighted by Crippen LogP contribution is -2.85. The minimum Gasteiger partial charge on any atom is -0.469 e. The molecule has 1 N–H and O–H groups in total. The van der Waals surface area contributed by atoms with Gasteiger partial charge in [0.15, 0.2) is 18.1 Å². The molecule has 0 radical (unpaired) electrons. The Morgan fingerprint density at radius 1 is 1.39 bits per heavy atom. The highest BCUT2D eigenvalue weighted by atomic mass is 16.3. The predicted octanol–water partition coefficient (Wildman–Crippen LogP) is 0.647. The fourth-order valence-electron chi connectivity index (χ4n) is 4.28. The van der Waals surface area contributed by atoms with E-state index in [4.69, 9.17) is 4.42 Å². The molecule has 122 valence electrons. The van der Waals surface area contributed by atoms with Crippen LogP contribution in [0.15, 0.2) is 27.8 Å². The van der Waals surface area contributed by atoms with E-state index in [1.54, 1.807) is 6.26 Å². The van der Waals surface area contributed by atoms with Crippen LogP contribution in [0.1, 0.15) is 33.0 Å². The Hall–Kier alpha value is -1.91. The molecule has 0 saturated heterocycles. The second-order valence-corrected chi connectivity index (χ2v) is 7.24. The average molecular weight is 314 g/mol. The van der Waals surface area contributed by atoms with Gasteiger partial charge in [0.05, 0.1) is 6.26 Å². The van der Waals surface area contributed by atoms with Crippen LogP contribution in [0.2, 0.25) is 0 Å². The molecule has 5 heteroatoms. The summed E-state index contributed by atoms with van der Waals surface area (Å²) in [6.45, 7) is 7.55. The molecule has 5 nitrogen and oxygen atoms in total. The van der Waals surface area contributed by atoms with E-state index in [9.17, 15) is 4.79 Å². The summed E-state index contributed by atoms with van der Waals surface area (Å²) in [7, 11) is 0. The van der Waals surface area contributed by atoms with Gasteiger partial charge in [-0.15, -0.1) is 0 Å². The van der Waals surface area contributed by atoms with E-state index in [1.165, 1.54) is 5.71 Å². The Morgan fingerprint density at radius 3 is 2.96 bits per heavy atom. The number of fused-ring (bicyclic) bond motifs is 3. The summed E-state index contributed by atoms with van der Waals surface area (Å²) >= 11 is 0. The summed E-state index contributed by atoms with van der Waals surface area (Å²) in [6, 6.07) is 3.60. The maximum absolute atomic E-state index is 12.9. The van der Waals surface area contributed by atoms with E-state index in [0.717, 1.165) is 18.0 Å². The van der Waals surface area contributed by atoms with Crippen LogP contribution in [0.5, 0.6) is 0 Å². The molecule has 1 saturated carbocycles. The summed E-state index contributed by atoms with van der Waals surface area (Å²) in [4.78, 5) is 23.2. The molecule has 0 spiro atoms. The third-order valence-electron chi connectivity index (χ3n) is 5.97. The maximum Gasteiger partial charge on any atom is 0.254 e. The number of nitrogens with one attached hydrogen (secondary N) is 1. The number of furan rings is 1. The number of rotatable bonds is 2. The summed E-state index contributed by atoms with van der Waals surface area (Å²) in [5.41, 5.74) is 1.32. The van der Waals surface area contributed by atoms with Crippen molar-refractivity contribution < 1.29 is 14.2 Å². The van der Waals surface area contributed by atoms with Crippen LogP contribution in [0.3, 0.4) is 0 Å². The lowest BCUT2D eigenvalue weighted by Gasteiger charge is -2.41. The molecule has 23 heavy (non-hydrogen) atoms. The molecule has 4 rings (SSSR count). The summed E-state index contributed by atoms with van der Waals surface area (Å²) in [5.74, 6) is 3.59. The van der Waals surface area contributed by atoms with Gasteiger partial charge in [-0.25, -0.2) is 4.99 Å². The zero-order chi connectivity index (χ0) is 16.1. The molecular weight excluding hydrogens is 290 g/mol. The van der Waals surface area contributed by atoms with Gasteiger partial charge in [-0.1, -0.05) is 20.8 Å². The van der Waals surface area contributed by atoms with E-state index in [-0.39, 0.29) is 18.0 Å². The van der Waals surface area contributed by atoms with Crippen molar-refractivity contribution in [2.75, 3.05) is 6.54 Å². The lowest BCUT2D eigenvalue weighted by atomic mass is 9.70. The van der Waals surface area contributed by atoms with Crippen molar-refractivity contribution in [1.82, 2.24) is 4.90 Å². The first-order valence-corrected chi connectivity index (χ1v) is 8.59. The minimum absolute atomic E-state index is 0.134. The first-order valence-electron chi connectivity index (χ1n) is 8.59. The SMILES string of the molecule is CC1CC2C(=[NH+]CC3=NC(Cc4ccco4)C(=O)N32)C(C)C1C. The fourth-order valence-corrected chi connectivity index (χ4v) is 4.28. The molecule has 1 aliphatic carbocycles. The normalized spacial score (nSPS) is 36.4. The lowest BCUT2D eigenvalue weighted by molar-refractivity contribution is -0.450. The van der Waals surface area contributed by atoms with Crippen LogP contribution in [-0.4, -0.2) is 41.0 Å². The van der Waals surface area contributed by atoms with Crippen LogP contribution < -0.4 is 4.99 Å². The molecule has 3 aliphatic rings. The smallest absolute Gasteiger partial charge is 0.254 e. The monoisotopic (exact) mass is 314 g/mol. The first kappa shape index (κ1) is 14.7. The van der Waals surface area contributed by atoms with Gasteiger partial charge in [-0.05, 0) is 30.4 Å². The Balaban J connectivity index is 1.60. The number of amides is 1. The molecule has 2 aliphatic heterocycles. The van der Waals surface area contributed by atoms with E-state index >= 15 is 0 Å². The van der Waals surface area contributed by atoms with Gasteiger partial charge in [0, 0.05) is 12.3 Å². The van der Waals surface area contributed by atoms with Crippen molar-refractivity contribution in [2.45, 2.75) is 45.7 Å². The van der Waals surface area contributed by atoms with Crippen molar-refractivity contribution in [2.24, 2.45) is 22.7 Å². The summed E-state index contributed by atoms with van der Waals surface area (Å²) in [6.07, 6.45) is 3.22. The van der Waals surface area contributed by atoms with Gasteiger partial charge in [0.2, 0.25) is 0 Å². The number of carbonyl (C=O) groups is 1. The number of hydrogen-bond donors (Lipinski definition) is 1. The highest BCUT2D eigenvalue weighted by Gasteiger charge is 2.51. The van der Waals surface area contributed by atoms with Gasteiger partial charge >= 0.3 is 0 Å². The standard InChI is InChI=1S/C18H23N3O2/c1-10-7-15-17(12(3)11(10)2)19-9-16-20-14(18(22)21(15)16)8-13-5-4-6-23-13/h4-6,10-12,14-15H,7-9H2,1-3H3/p+1. The number of aliphatic imine (C=N–C) groups is 1. The molecule has 1 amide bonds. The van der Waals surface area contributed by atoms with E-state index < -0.39 is 0 Å². The summed E-state index contributed by atoms with van der Waals surface area (Å²) < 4.78 is 5.39. The Kier molecular flexibility index (Phi) is 3.39. The van der Waals surface area contributed by atoms with Gasteiger partial charge in [-0.3, -0.25) is 14.7 Å². The molecule has 5 unspecified atom stereocenters. The van der Waals surface area contributed by atoms with Gasteiger partial charge < -0.3 is 4.42 Å². The largest absolute Gasteiger partial charge is 0.469 e. The highest BCUT2D eigenvalue weighted by Crippen LogP contribution is 2.35. The van der Waals surface area contributed by atoms with Crippen molar-refractivity contribution in [3.05, 3.63) is 24.2 Å². The number of carbonyl (C=O) groups excluding carboxylic acids is 1. The Bertz CT molecular complexity index is 676. The zero-order valence-corrected chi connectivity index (χ0v) is 14.0. The van der Waals surface area contributed by atoms with E-state index in [1.807, 2.05) is 17.0 Å². The molecule has 3 heterocycles. The van der Waals surface area contributed by atoms with Crippen molar-refractivity contribution in [1.29, 1.82) is 0 Å². The van der Waals surface area contributed by atoms with Gasteiger partial charge in [-0.2, -0.15) is 0 Å². The molecule has 1 aromatic heterocycles. The number of amidine groups is 1.